The van der Waals surface area contributed by atoms with Crippen molar-refractivity contribution < 1.29 is 51.7 Å². The molecule has 0 bridgehead atoms. The molecule has 0 saturated heterocycles. The first-order chi connectivity index (χ1) is 48.3. The van der Waals surface area contributed by atoms with Crippen molar-refractivity contribution in [3.63, 3.8) is 0 Å². The SMILES string of the molecule is CCCCCCCCCCCCOCC(CC(CCCCCC/C=C\CCCCCCCCP(=O)(O)O)SO[C@@H]1[C@@H](OCc2ccccc2)[C@H](OCc2ccccc2)[C@@H](OCc2ccccc2)[C@H](OCc2ccccc2)[C@@H]1OCc1ccccc1)OCCCCCCCCCCCC. The average Bonchev–Trinajstić information content (AvgIpc) is 0.765. The molecule has 98 heavy (non-hydrogen) atoms. The molecule has 1 aliphatic rings. The van der Waals surface area contributed by atoms with Gasteiger partial charge in [-0.3, -0.25) is 4.57 Å². The van der Waals surface area contributed by atoms with Gasteiger partial charge in [0.1, 0.15) is 36.6 Å². The highest BCUT2D eigenvalue weighted by molar-refractivity contribution is 7.95. The highest BCUT2D eigenvalue weighted by Gasteiger charge is 2.55. The normalized spacial score (nSPS) is 18.0. The third-order valence-corrected chi connectivity index (χ3v) is 20.8. The van der Waals surface area contributed by atoms with Crippen LogP contribution in [0.3, 0.4) is 0 Å². The van der Waals surface area contributed by atoms with Gasteiger partial charge < -0.3 is 47.1 Å². The van der Waals surface area contributed by atoms with Gasteiger partial charge in [-0.15, -0.1) is 0 Å². The Kier molecular flexibility index (Phi) is 46.3. The van der Waals surface area contributed by atoms with Gasteiger partial charge in [-0.05, 0) is 97.6 Å². The molecular formula is C85H129O11PS. The third-order valence-electron chi connectivity index (χ3n) is 18.9. The van der Waals surface area contributed by atoms with Crippen molar-refractivity contribution in [2.45, 2.75) is 313 Å². The van der Waals surface area contributed by atoms with Gasteiger partial charge in [0.05, 0.1) is 45.7 Å². The summed E-state index contributed by atoms with van der Waals surface area (Å²) in [6.07, 6.45) is 40.6. The van der Waals surface area contributed by atoms with E-state index in [-0.39, 0.29) is 17.5 Å². The molecule has 11 nitrogen and oxygen atoms in total. The second-order valence-electron chi connectivity index (χ2n) is 27.5. The van der Waals surface area contributed by atoms with Crippen molar-refractivity contribution in [3.8, 4) is 0 Å². The Morgan fingerprint density at radius 3 is 1.04 bits per heavy atom. The fourth-order valence-electron chi connectivity index (χ4n) is 13.1. The van der Waals surface area contributed by atoms with Crippen LogP contribution in [-0.4, -0.2) is 83.7 Å². The number of rotatable bonds is 61. The van der Waals surface area contributed by atoms with Crippen LogP contribution in [0.4, 0.5) is 0 Å². The average molecular weight is 1390 g/mol. The van der Waals surface area contributed by atoms with Crippen LogP contribution in [0.15, 0.2) is 164 Å². The minimum Gasteiger partial charge on any atom is -0.379 e. The molecule has 5 aromatic carbocycles. The van der Waals surface area contributed by atoms with Gasteiger partial charge in [0, 0.05) is 24.6 Å². The quantitative estimate of drug-likeness (QED) is 0.0166. The second kappa shape index (κ2) is 54.7. The monoisotopic (exact) mass is 1390 g/mol. The van der Waals surface area contributed by atoms with Crippen molar-refractivity contribution in [2.24, 2.45) is 0 Å². The Hall–Kier alpha value is -3.98. The molecule has 0 radical (unpaired) electrons. The molecule has 0 amide bonds. The molecule has 0 heterocycles. The van der Waals surface area contributed by atoms with Crippen LogP contribution in [-0.2, 0) is 74.9 Å². The first-order valence-electron chi connectivity index (χ1n) is 38.8. The molecule has 0 aliphatic heterocycles. The zero-order chi connectivity index (χ0) is 68.9. The molecule has 6 rings (SSSR count). The van der Waals surface area contributed by atoms with E-state index in [4.69, 9.17) is 37.3 Å². The summed E-state index contributed by atoms with van der Waals surface area (Å²) in [6, 6.07) is 51.9. The highest BCUT2D eigenvalue weighted by Crippen LogP contribution is 2.40. The van der Waals surface area contributed by atoms with Crippen molar-refractivity contribution >= 4 is 19.6 Å². The van der Waals surface area contributed by atoms with E-state index in [1.807, 2.05) is 30.3 Å². The summed E-state index contributed by atoms with van der Waals surface area (Å²) in [6.45, 7) is 8.22. The van der Waals surface area contributed by atoms with Gasteiger partial charge in [-0.1, -0.05) is 338 Å². The van der Waals surface area contributed by atoms with E-state index >= 15 is 0 Å². The van der Waals surface area contributed by atoms with E-state index in [1.54, 1.807) is 12.0 Å². The molecule has 1 saturated carbocycles. The number of hydrogen-bond donors (Lipinski definition) is 2. The van der Waals surface area contributed by atoms with Crippen LogP contribution < -0.4 is 0 Å². The second-order valence-corrected chi connectivity index (χ2v) is 30.3. The molecular weight excluding hydrogens is 1260 g/mol. The van der Waals surface area contributed by atoms with E-state index in [0.717, 1.165) is 137 Å². The Morgan fingerprint density at radius 1 is 0.378 bits per heavy atom. The predicted molar refractivity (Wildman–Crippen MR) is 406 cm³/mol. The third kappa shape index (κ3) is 38.3. The van der Waals surface area contributed by atoms with Crippen LogP contribution in [0.5, 0.6) is 0 Å². The molecule has 13 heteroatoms. The van der Waals surface area contributed by atoms with Gasteiger partial charge in [-0.2, -0.15) is 0 Å². The number of benzene rings is 5. The van der Waals surface area contributed by atoms with Crippen LogP contribution in [0.25, 0.3) is 0 Å². The first-order valence-corrected chi connectivity index (χ1v) is 41.4. The van der Waals surface area contributed by atoms with Crippen LogP contribution >= 0.6 is 19.6 Å². The van der Waals surface area contributed by atoms with Gasteiger partial charge in [0.25, 0.3) is 0 Å². The predicted octanol–water partition coefficient (Wildman–Crippen LogP) is 22.8. The maximum atomic E-state index is 11.2. The number of hydrogen-bond acceptors (Lipinski definition) is 10. The van der Waals surface area contributed by atoms with Crippen LogP contribution in [0, 0.1) is 0 Å². The van der Waals surface area contributed by atoms with Crippen molar-refractivity contribution in [3.05, 3.63) is 192 Å². The standard InChI is InChI=1S/C85H129O11PS/c1-3-5-7-9-11-13-22-26-30-49-63-89-72-78(90-64-50-31-27-23-14-12-10-8-6-4-2)66-79(62-48-29-25-21-19-17-15-16-18-20-24-28-32-51-65-97(86,87)88)98-96-85-83(94-70-76-58-44-36-45-59-76)81(92-68-74-54-40-34-41-55-74)80(91-67-73-52-38-33-39-53-73)82(93-69-75-56-42-35-43-57-75)84(85)95-71-77-60-46-37-47-61-77/h15,17,33-47,52-61,78-85H,3-14,16,18-32,48-51,62-72H2,1-2H3,(H2,86,87,88)/b17-15-/t78?,79?,80-,81-,82+,83-,84-,85-/m0/s1. The summed E-state index contributed by atoms with van der Waals surface area (Å²) in [5.74, 6) is 0. The van der Waals surface area contributed by atoms with Crippen LogP contribution in [0.1, 0.15) is 260 Å². The lowest BCUT2D eigenvalue weighted by Gasteiger charge is -2.49. The van der Waals surface area contributed by atoms with E-state index < -0.39 is 44.2 Å². The van der Waals surface area contributed by atoms with E-state index in [1.165, 1.54) is 116 Å². The fraction of sp³-hybridized carbons (Fsp3) is 0.624. The molecule has 5 aromatic rings. The Labute approximate surface area is 598 Å². The molecule has 0 aromatic heterocycles. The lowest BCUT2D eigenvalue weighted by atomic mass is 9.83. The molecule has 1 fully saturated rings. The summed E-state index contributed by atoms with van der Waals surface area (Å²) in [5.41, 5.74) is 5.22. The Morgan fingerprint density at radius 2 is 0.684 bits per heavy atom. The Bertz CT molecular complexity index is 2590. The van der Waals surface area contributed by atoms with E-state index in [2.05, 4.69) is 147 Å². The lowest BCUT2D eigenvalue weighted by molar-refractivity contribution is -0.277. The zero-order valence-corrected chi connectivity index (χ0v) is 62.2. The Balaban J connectivity index is 1.27. The fourth-order valence-corrected chi connectivity index (χ4v) is 14.8. The molecule has 8 atom stereocenters. The molecule has 0 spiro atoms. The summed E-state index contributed by atoms with van der Waals surface area (Å²) in [5, 5.41) is 0.0589. The molecule has 2 unspecified atom stereocenters. The van der Waals surface area contributed by atoms with Crippen molar-refractivity contribution in [1.82, 2.24) is 0 Å². The molecule has 1 aliphatic carbocycles. The summed E-state index contributed by atoms with van der Waals surface area (Å²) >= 11 is 1.57. The number of ether oxygens (including phenoxy) is 7. The highest BCUT2D eigenvalue weighted by atomic mass is 32.2. The molecule has 546 valence electrons. The van der Waals surface area contributed by atoms with Crippen LogP contribution in [0.2, 0.25) is 0 Å². The molecule has 2 N–H and O–H groups in total. The van der Waals surface area contributed by atoms with Gasteiger partial charge in [-0.25, -0.2) is 0 Å². The lowest BCUT2D eigenvalue weighted by Crippen LogP contribution is -2.67. The van der Waals surface area contributed by atoms with Gasteiger partial charge in [0.15, 0.2) is 0 Å². The summed E-state index contributed by atoms with van der Waals surface area (Å²) < 4.78 is 69.2. The first kappa shape index (κ1) is 83.0. The van der Waals surface area contributed by atoms with Gasteiger partial charge >= 0.3 is 7.60 Å². The largest absolute Gasteiger partial charge is 0.379 e. The van der Waals surface area contributed by atoms with Crippen molar-refractivity contribution in [2.75, 3.05) is 26.0 Å². The summed E-state index contributed by atoms with van der Waals surface area (Å²) in [4.78, 5) is 18.4. The van der Waals surface area contributed by atoms with E-state index in [0.29, 0.717) is 46.1 Å². The topological polar surface area (TPSA) is 131 Å². The maximum absolute atomic E-state index is 11.2. The minimum absolute atomic E-state index is 0.000916. The van der Waals surface area contributed by atoms with E-state index in [9.17, 15) is 14.4 Å². The smallest absolute Gasteiger partial charge is 0.325 e. The maximum Gasteiger partial charge on any atom is 0.325 e. The number of unbranched alkanes of at least 4 members (excludes halogenated alkanes) is 28. The minimum atomic E-state index is -3.89. The number of allylic oxidation sites excluding steroid dienone is 2. The summed E-state index contributed by atoms with van der Waals surface area (Å²) in [7, 11) is -3.89. The van der Waals surface area contributed by atoms with Gasteiger partial charge in [0.2, 0.25) is 0 Å². The zero-order valence-electron chi connectivity index (χ0n) is 60.5. The van der Waals surface area contributed by atoms with Crippen molar-refractivity contribution in [1.29, 1.82) is 0 Å².